The summed E-state index contributed by atoms with van der Waals surface area (Å²) in [5, 5.41) is 8.12. The van der Waals surface area contributed by atoms with Crippen LogP contribution in [0.25, 0.3) is 0 Å². The smallest absolute Gasteiger partial charge is 0.128 e. The van der Waals surface area contributed by atoms with Crippen molar-refractivity contribution in [2.24, 2.45) is 10.2 Å². The van der Waals surface area contributed by atoms with Gasteiger partial charge in [-0.05, 0) is 67.4 Å². The summed E-state index contributed by atoms with van der Waals surface area (Å²) >= 11 is 0. The van der Waals surface area contributed by atoms with Crippen LogP contribution in [-0.4, -0.2) is 0 Å². The fourth-order valence-corrected chi connectivity index (χ4v) is 2.19. The van der Waals surface area contributed by atoms with E-state index in [0.29, 0.717) is 28.2 Å². The summed E-state index contributed by atoms with van der Waals surface area (Å²) in [5.74, 6) is -0.570. The number of anilines is 2. The van der Waals surface area contributed by atoms with Gasteiger partial charge in [-0.3, -0.25) is 0 Å². The predicted octanol–water partition coefficient (Wildman–Crippen LogP) is 6.44. The molecule has 0 fully saturated rings. The number of nitrogens with zero attached hydrogens (tertiary/aromatic N) is 2. The van der Waals surface area contributed by atoms with Crippen LogP contribution in [0.1, 0.15) is 11.1 Å². The van der Waals surface area contributed by atoms with Gasteiger partial charge < -0.3 is 10.9 Å². The molecule has 0 saturated carbocycles. The van der Waals surface area contributed by atoms with E-state index in [9.17, 15) is 8.78 Å². The largest absolute Gasteiger partial charge is 0.301 e. The minimum atomic E-state index is -0.306. The third-order valence-electron chi connectivity index (χ3n) is 3.83. The number of nitrogens with one attached hydrogen (secondary N) is 2. The minimum absolute atomic E-state index is 0.264. The molecule has 0 radical (unpaired) electrons. The lowest BCUT2D eigenvalue weighted by molar-refractivity contribution is 0.618. The van der Waals surface area contributed by atoms with Crippen LogP contribution in [0.4, 0.5) is 31.5 Å². The summed E-state index contributed by atoms with van der Waals surface area (Å²) in [4.78, 5) is 0. The second kappa shape index (κ2) is 7.74. The van der Waals surface area contributed by atoms with E-state index in [1.165, 1.54) is 12.1 Å². The first kappa shape index (κ1) is 17.5. The topological polar surface area (TPSA) is 48.8 Å². The van der Waals surface area contributed by atoms with Gasteiger partial charge in [-0.15, -0.1) is 0 Å². The molecule has 0 bridgehead atoms. The second-order valence-electron chi connectivity index (χ2n) is 5.89. The highest BCUT2D eigenvalue weighted by molar-refractivity contribution is 5.56. The fraction of sp³-hybridized carbons (Fsp3) is 0.100. The van der Waals surface area contributed by atoms with Gasteiger partial charge in [-0.25, -0.2) is 8.78 Å². The van der Waals surface area contributed by atoms with Gasteiger partial charge in [-0.1, -0.05) is 12.1 Å². The molecule has 0 aliphatic rings. The van der Waals surface area contributed by atoms with Crippen LogP contribution in [0, 0.1) is 25.5 Å². The van der Waals surface area contributed by atoms with Gasteiger partial charge in [0.2, 0.25) is 0 Å². The Kier molecular flexibility index (Phi) is 5.22. The third kappa shape index (κ3) is 4.42. The number of halogens is 2. The van der Waals surface area contributed by atoms with Gasteiger partial charge >= 0.3 is 0 Å². The van der Waals surface area contributed by atoms with Crippen molar-refractivity contribution < 1.29 is 8.78 Å². The van der Waals surface area contributed by atoms with E-state index in [2.05, 4.69) is 21.1 Å². The Morgan fingerprint density at radius 3 is 1.77 bits per heavy atom. The molecular weight excluding hydrogens is 334 g/mol. The van der Waals surface area contributed by atoms with Gasteiger partial charge in [-0.2, -0.15) is 10.2 Å². The Balaban J connectivity index is 1.61. The quantitative estimate of drug-likeness (QED) is 0.410. The first-order valence-corrected chi connectivity index (χ1v) is 8.07. The molecule has 6 heteroatoms. The molecule has 3 rings (SSSR count). The van der Waals surface area contributed by atoms with E-state index in [4.69, 9.17) is 0 Å². The van der Waals surface area contributed by atoms with E-state index in [1.807, 2.05) is 12.1 Å². The first-order chi connectivity index (χ1) is 12.5. The third-order valence-corrected chi connectivity index (χ3v) is 3.83. The number of benzene rings is 3. The highest BCUT2D eigenvalue weighted by atomic mass is 19.1. The minimum Gasteiger partial charge on any atom is -0.301 e. The van der Waals surface area contributed by atoms with Crippen LogP contribution >= 0.6 is 0 Å². The Morgan fingerprint density at radius 1 is 0.615 bits per heavy atom. The maximum atomic E-state index is 13.5. The van der Waals surface area contributed by atoms with Gasteiger partial charge in [0.25, 0.3) is 0 Å². The van der Waals surface area contributed by atoms with Gasteiger partial charge in [0, 0.05) is 6.07 Å². The number of rotatable bonds is 5. The number of azo groups is 1. The lowest BCUT2D eigenvalue weighted by atomic mass is 10.2. The zero-order valence-corrected chi connectivity index (χ0v) is 14.4. The van der Waals surface area contributed by atoms with Crippen LogP contribution in [-0.2, 0) is 0 Å². The van der Waals surface area contributed by atoms with Crippen LogP contribution in [0.15, 0.2) is 70.9 Å². The molecule has 0 aliphatic heterocycles. The maximum absolute atomic E-state index is 13.5. The molecule has 0 heterocycles. The van der Waals surface area contributed by atoms with Crippen molar-refractivity contribution in [1.29, 1.82) is 0 Å². The molecule has 0 saturated heterocycles. The first-order valence-electron chi connectivity index (χ1n) is 8.07. The van der Waals surface area contributed by atoms with Crippen molar-refractivity contribution in [3.05, 3.63) is 83.4 Å². The molecule has 0 aliphatic carbocycles. The molecule has 0 unspecified atom stereocenters. The zero-order valence-electron chi connectivity index (χ0n) is 14.4. The maximum Gasteiger partial charge on any atom is 0.128 e. The molecule has 0 atom stereocenters. The Bertz CT molecular complexity index is 937. The molecule has 26 heavy (non-hydrogen) atoms. The van der Waals surface area contributed by atoms with E-state index in [-0.39, 0.29) is 11.6 Å². The van der Waals surface area contributed by atoms with Crippen LogP contribution in [0.5, 0.6) is 0 Å². The average molecular weight is 352 g/mol. The van der Waals surface area contributed by atoms with Crippen molar-refractivity contribution in [1.82, 2.24) is 0 Å². The van der Waals surface area contributed by atoms with E-state index >= 15 is 0 Å². The summed E-state index contributed by atoms with van der Waals surface area (Å²) in [7, 11) is 0. The number of hydrogen-bond acceptors (Lipinski definition) is 4. The van der Waals surface area contributed by atoms with E-state index in [1.54, 1.807) is 50.2 Å². The normalized spacial score (nSPS) is 10.9. The van der Waals surface area contributed by atoms with Gasteiger partial charge in [0.1, 0.15) is 11.6 Å². The average Bonchev–Trinajstić information content (AvgIpc) is 2.64. The highest BCUT2D eigenvalue weighted by Gasteiger charge is 2.00. The van der Waals surface area contributed by atoms with Crippen molar-refractivity contribution in [3.63, 3.8) is 0 Å². The number of hydrazine groups is 1. The second-order valence-corrected chi connectivity index (χ2v) is 5.89. The fourth-order valence-electron chi connectivity index (χ4n) is 2.19. The lowest BCUT2D eigenvalue weighted by Crippen LogP contribution is -2.08. The van der Waals surface area contributed by atoms with Crippen molar-refractivity contribution in [2.75, 3.05) is 10.9 Å². The monoisotopic (exact) mass is 352 g/mol. The number of aryl methyl sites for hydroxylation is 2. The Labute approximate surface area is 150 Å². The molecule has 2 N–H and O–H groups in total. The highest BCUT2D eigenvalue weighted by Crippen LogP contribution is 2.22. The predicted molar refractivity (Wildman–Crippen MR) is 100 cm³/mol. The van der Waals surface area contributed by atoms with Crippen molar-refractivity contribution in [2.45, 2.75) is 13.8 Å². The Morgan fingerprint density at radius 2 is 1.12 bits per heavy atom. The Hall–Kier alpha value is -3.28. The van der Waals surface area contributed by atoms with Crippen molar-refractivity contribution in [3.8, 4) is 0 Å². The molecule has 0 aromatic heterocycles. The summed E-state index contributed by atoms with van der Waals surface area (Å²) in [6.07, 6.45) is 0. The molecule has 0 spiro atoms. The summed E-state index contributed by atoms with van der Waals surface area (Å²) in [5.41, 5.74) is 9.58. The van der Waals surface area contributed by atoms with Gasteiger partial charge in [0.05, 0.1) is 22.7 Å². The zero-order chi connectivity index (χ0) is 18.5. The molecule has 3 aromatic carbocycles. The van der Waals surface area contributed by atoms with Gasteiger partial charge in [0.15, 0.2) is 0 Å². The van der Waals surface area contributed by atoms with Crippen molar-refractivity contribution >= 4 is 22.7 Å². The summed E-state index contributed by atoms with van der Waals surface area (Å²) in [6, 6.07) is 16.8. The van der Waals surface area contributed by atoms with Crippen LogP contribution in [0.3, 0.4) is 0 Å². The molecule has 4 nitrogen and oxygen atoms in total. The molecular formula is C20H18F2N4. The van der Waals surface area contributed by atoms with E-state index in [0.717, 1.165) is 5.69 Å². The van der Waals surface area contributed by atoms with E-state index < -0.39 is 0 Å². The number of hydrogen-bond donors (Lipinski definition) is 2. The lowest BCUT2D eigenvalue weighted by Gasteiger charge is -2.10. The SMILES string of the molecule is Cc1ccc(N=Nc2ccc(NNc3ccc(C)c(F)c3)cc2)cc1F. The van der Waals surface area contributed by atoms with Crippen LogP contribution < -0.4 is 10.9 Å². The molecule has 3 aromatic rings. The molecule has 132 valence electrons. The van der Waals surface area contributed by atoms with Crippen LogP contribution in [0.2, 0.25) is 0 Å². The summed E-state index contributed by atoms with van der Waals surface area (Å²) < 4.78 is 27.0. The summed E-state index contributed by atoms with van der Waals surface area (Å²) in [6.45, 7) is 3.41. The molecule has 0 amide bonds. The standard InChI is InChI=1S/C20H18F2N4/c1-13-3-5-17(11-19(13)21)25-23-15-7-9-16(10-8-15)24-26-18-6-4-14(2)20(22)12-18/h3-12,23,25H,1-2H3.